The Balaban J connectivity index is 1.73. The lowest BCUT2D eigenvalue weighted by Gasteiger charge is -2.30. The van der Waals surface area contributed by atoms with Crippen LogP contribution in [-0.4, -0.2) is 26.9 Å². The predicted molar refractivity (Wildman–Crippen MR) is 96.8 cm³/mol. The molecule has 1 aromatic carbocycles. The molecule has 1 aliphatic carbocycles. The van der Waals surface area contributed by atoms with E-state index in [4.69, 9.17) is 0 Å². The fraction of sp³-hybridized carbons (Fsp3) is 0.526. The first-order valence-electron chi connectivity index (χ1n) is 9.34. The molecule has 26 heavy (non-hydrogen) atoms. The van der Waals surface area contributed by atoms with E-state index in [0.29, 0.717) is 24.4 Å². The maximum Gasteiger partial charge on any atom is 0.265 e. The van der Waals surface area contributed by atoms with Crippen LogP contribution in [0.4, 0.5) is 10.1 Å². The van der Waals surface area contributed by atoms with Crippen LogP contribution in [0.2, 0.25) is 0 Å². The van der Waals surface area contributed by atoms with E-state index in [1.165, 1.54) is 12.1 Å². The fourth-order valence-corrected chi connectivity index (χ4v) is 6.06. The number of rotatable bonds is 2. The van der Waals surface area contributed by atoms with Gasteiger partial charge < -0.3 is 10.2 Å². The van der Waals surface area contributed by atoms with E-state index in [2.05, 4.69) is 5.32 Å². The van der Waals surface area contributed by atoms with E-state index in [9.17, 15) is 17.6 Å². The van der Waals surface area contributed by atoms with E-state index < -0.39 is 21.6 Å². The van der Waals surface area contributed by atoms with E-state index in [0.717, 1.165) is 51.0 Å². The number of nitrogens with one attached hydrogen (secondary N) is 1. The molecule has 1 aromatic rings. The maximum absolute atomic E-state index is 13.7. The van der Waals surface area contributed by atoms with Gasteiger partial charge in [-0.1, -0.05) is 25.7 Å². The number of allylic oxidation sites excluding steroid dienone is 1. The Morgan fingerprint density at radius 3 is 2.58 bits per heavy atom. The Bertz CT molecular complexity index is 871. The summed E-state index contributed by atoms with van der Waals surface area (Å²) in [5, 5.41) is 2.95. The Kier molecular flexibility index (Phi) is 4.50. The number of hydrogen-bond donors (Lipinski definition) is 1. The molecule has 0 aromatic heterocycles. The molecule has 0 unspecified atom stereocenters. The molecule has 2 fully saturated rings. The summed E-state index contributed by atoms with van der Waals surface area (Å²) in [6, 6.07) is 3.80. The van der Waals surface area contributed by atoms with Crippen LogP contribution in [-0.2, 0) is 14.6 Å². The number of halogens is 1. The topological polar surface area (TPSA) is 66.5 Å². The molecule has 0 radical (unpaired) electrons. The van der Waals surface area contributed by atoms with Crippen LogP contribution in [0.15, 0.2) is 33.7 Å². The Morgan fingerprint density at radius 2 is 1.85 bits per heavy atom. The zero-order chi connectivity index (χ0) is 18.3. The predicted octanol–water partition coefficient (Wildman–Crippen LogP) is 3.26. The molecule has 1 amide bonds. The SMILES string of the molecule is O=C(NC1CCCCCC1)C1=C2CCCN2c2ccc(F)cc2S1(=O)=O. The summed E-state index contributed by atoms with van der Waals surface area (Å²) in [5.41, 5.74) is 1.03. The van der Waals surface area contributed by atoms with Gasteiger partial charge in [0.05, 0.1) is 10.6 Å². The lowest BCUT2D eigenvalue weighted by molar-refractivity contribution is -0.117. The zero-order valence-electron chi connectivity index (χ0n) is 14.6. The smallest absolute Gasteiger partial charge is 0.265 e. The summed E-state index contributed by atoms with van der Waals surface area (Å²) in [6.07, 6.45) is 7.48. The summed E-state index contributed by atoms with van der Waals surface area (Å²) in [5.74, 6) is -1.15. The van der Waals surface area contributed by atoms with Gasteiger partial charge in [-0.15, -0.1) is 0 Å². The Labute approximate surface area is 153 Å². The van der Waals surface area contributed by atoms with Crippen molar-refractivity contribution in [1.29, 1.82) is 0 Å². The highest BCUT2D eigenvalue weighted by Crippen LogP contribution is 2.43. The number of nitrogens with zero attached hydrogens (tertiary/aromatic N) is 1. The number of carbonyl (C=O) groups is 1. The Hall–Kier alpha value is -1.89. The first kappa shape index (κ1) is 17.5. The van der Waals surface area contributed by atoms with Crippen LogP contribution in [0.25, 0.3) is 0 Å². The quantitative estimate of drug-likeness (QED) is 0.802. The number of fused-ring (bicyclic) bond motifs is 3. The second kappa shape index (κ2) is 6.68. The van der Waals surface area contributed by atoms with Crippen molar-refractivity contribution in [2.75, 3.05) is 11.4 Å². The van der Waals surface area contributed by atoms with Gasteiger partial charge in [-0.2, -0.15) is 0 Å². The molecule has 0 bridgehead atoms. The van der Waals surface area contributed by atoms with Gasteiger partial charge in [0.2, 0.25) is 9.84 Å². The molecule has 140 valence electrons. The summed E-state index contributed by atoms with van der Waals surface area (Å²) >= 11 is 0. The van der Waals surface area contributed by atoms with Crippen LogP contribution in [0, 0.1) is 5.82 Å². The minimum Gasteiger partial charge on any atom is -0.349 e. The van der Waals surface area contributed by atoms with Gasteiger partial charge in [0.25, 0.3) is 5.91 Å². The summed E-state index contributed by atoms with van der Waals surface area (Å²) in [4.78, 5) is 14.5. The normalized spacial score (nSPS) is 22.6. The first-order valence-corrected chi connectivity index (χ1v) is 10.8. The highest BCUT2D eigenvalue weighted by atomic mass is 32.2. The molecule has 1 saturated heterocycles. The Morgan fingerprint density at radius 1 is 1.12 bits per heavy atom. The molecule has 7 heteroatoms. The lowest BCUT2D eigenvalue weighted by atomic mass is 10.1. The van der Waals surface area contributed by atoms with Gasteiger partial charge in [-0.25, -0.2) is 12.8 Å². The van der Waals surface area contributed by atoms with E-state index >= 15 is 0 Å². The van der Waals surface area contributed by atoms with Crippen LogP contribution < -0.4 is 10.2 Å². The summed E-state index contributed by atoms with van der Waals surface area (Å²) in [6.45, 7) is 0.643. The zero-order valence-corrected chi connectivity index (χ0v) is 15.4. The van der Waals surface area contributed by atoms with Crippen molar-refractivity contribution in [3.63, 3.8) is 0 Å². The molecular formula is C19H23FN2O3S. The summed E-state index contributed by atoms with van der Waals surface area (Å²) < 4.78 is 40.0. The van der Waals surface area contributed by atoms with Crippen LogP contribution >= 0.6 is 0 Å². The third-order valence-electron chi connectivity index (χ3n) is 5.55. The standard InChI is InChI=1S/C19H23FN2O3S/c20-13-9-10-15-17(12-13)26(24,25)18(16-8-5-11-22(15)16)19(23)21-14-6-3-1-2-4-7-14/h9-10,12,14H,1-8,11H2,(H,21,23). The van der Waals surface area contributed by atoms with E-state index in [-0.39, 0.29) is 15.8 Å². The van der Waals surface area contributed by atoms with Crippen molar-refractivity contribution in [1.82, 2.24) is 5.32 Å². The molecule has 4 rings (SSSR count). The van der Waals surface area contributed by atoms with Gasteiger partial charge in [-0.05, 0) is 43.9 Å². The molecule has 2 heterocycles. The van der Waals surface area contributed by atoms with Gasteiger partial charge in [0.1, 0.15) is 5.82 Å². The number of anilines is 1. The third-order valence-corrected chi connectivity index (χ3v) is 7.42. The molecule has 0 atom stereocenters. The molecule has 1 saturated carbocycles. The van der Waals surface area contributed by atoms with Gasteiger partial charge >= 0.3 is 0 Å². The number of sulfone groups is 1. The van der Waals surface area contributed by atoms with E-state index in [1.54, 1.807) is 0 Å². The molecule has 2 aliphatic heterocycles. The highest BCUT2D eigenvalue weighted by molar-refractivity contribution is 7.96. The highest BCUT2D eigenvalue weighted by Gasteiger charge is 2.42. The van der Waals surface area contributed by atoms with E-state index in [1.807, 2.05) is 4.90 Å². The van der Waals surface area contributed by atoms with Crippen molar-refractivity contribution in [3.8, 4) is 0 Å². The minimum atomic E-state index is -4.03. The average molecular weight is 378 g/mol. The molecule has 5 nitrogen and oxygen atoms in total. The summed E-state index contributed by atoms with van der Waals surface area (Å²) in [7, 11) is -4.03. The molecule has 3 aliphatic rings. The van der Waals surface area contributed by atoms with Crippen molar-refractivity contribution in [2.45, 2.75) is 62.3 Å². The maximum atomic E-state index is 13.7. The first-order chi connectivity index (χ1) is 12.5. The van der Waals surface area contributed by atoms with Crippen molar-refractivity contribution >= 4 is 21.4 Å². The molecule has 1 N–H and O–H groups in total. The van der Waals surface area contributed by atoms with Gasteiger partial charge in [0.15, 0.2) is 4.91 Å². The van der Waals surface area contributed by atoms with Gasteiger partial charge in [-0.3, -0.25) is 4.79 Å². The second-order valence-corrected chi connectivity index (χ2v) is 9.16. The molecular weight excluding hydrogens is 355 g/mol. The second-order valence-electron chi connectivity index (χ2n) is 7.31. The number of benzene rings is 1. The monoisotopic (exact) mass is 378 g/mol. The van der Waals surface area contributed by atoms with Crippen molar-refractivity contribution < 1.29 is 17.6 Å². The number of carbonyl (C=O) groups excluding carboxylic acids is 1. The number of amides is 1. The average Bonchev–Trinajstić information content (AvgIpc) is 2.91. The lowest BCUT2D eigenvalue weighted by Crippen LogP contribution is -2.40. The fourth-order valence-electron chi connectivity index (χ4n) is 4.30. The van der Waals surface area contributed by atoms with Gasteiger partial charge in [0, 0.05) is 18.3 Å². The van der Waals surface area contributed by atoms with Crippen molar-refractivity contribution in [3.05, 3.63) is 34.6 Å². The van der Waals surface area contributed by atoms with Crippen molar-refractivity contribution in [2.24, 2.45) is 0 Å². The van der Waals surface area contributed by atoms with Crippen LogP contribution in [0.1, 0.15) is 51.4 Å². The number of hydrogen-bond acceptors (Lipinski definition) is 4. The van der Waals surface area contributed by atoms with Crippen LogP contribution in [0.3, 0.4) is 0 Å². The largest absolute Gasteiger partial charge is 0.349 e. The van der Waals surface area contributed by atoms with Crippen LogP contribution in [0.5, 0.6) is 0 Å². The third kappa shape index (κ3) is 2.92. The molecule has 0 spiro atoms. The minimum absolute atomic E-state index is 0.0112.